The van der Waals surface area contributed by atoms with E-state index in [0.29, 0.717) is 19.8 Å². The lowest BCUT2D eigenvalue weighted by molar-refractivity contribution is 0.109. The monoisotopic (exact) mass is 392 g/mol. The first-order valence-corrected chi connectivity index (χ1v) is 12.7. The van der Waals surface area contributed by atoms with E-state index in [9.17, 15) is 4.57 Å². The van der Waals surface area contributed by atoms with Gasteiger partial charge in [-0.2, -0.15) is 0 Å². The van der Waals surface area contributed by atoms with E-state index in [0.717, 1.165) is 38.5 Å². The molecule has 0 radical (unpaired) electrons. The van der Waals surface area contributed by atoms with Gasteiger partial charge in [-0.25, -0.2) is 4.57 Å². The van der Waals surface area contributed by atoms with Gasteiger partial charge in [0.1, 0.15) is 0 Å². The molecule has 0 heterocycles. The summed E-state index contributed by atoms with van der Waals surface area (Å²) < 4.78 is 29.0. The highest BCUT2D eigenvalue weighted by atomic mass is 31.2. The normalized spacial score (nSPS) is 12.0. The van der Waals surface area contributed by atoms with E-state index in [2.05, 4.69) is 20.8 Å². The average molecular weight is 393 g/mol. The molecule has 5 heteroatoms. The van der Waals surface area contributed by atoms with Crippen molar-refractivity contribution in [3.05, 3.63) is 0 Å². The van der Waals surface area contributed by atoms with Crippen molar-refractivity contribution in [1.82, 2.24) is 0 Å². The first-order valence-electron chi connectivity index (χ1n) is 11.2. The summed E-state index contributed by atoms with van der Waals surface area (Å²) in [5, 5.41) is 0. The van der Waals surface area contributed by atoms with Gasteiger partial charge in [0.2, 0.25) is 0 Å². The Morgan fingerprint density at radius 3 is 1.15 bits per heavy atom. The summed E-state index contributed by atoms with van der Waals surface area (Å²) in [6.45, 7) is 7.77. The van der Waals surface area contributed by atoms with Crippen molar-refractivity contribution in [2.75, 3.05) is 19.8 Å². The molecule has 0 atom stereocenters. The summed E-state index contributed by atoms with van der Waals surface area (Å²) in [5.41, 5.74) is 0. The second-order valence-electron chi connectivity index (χ2n) is 7.19. The van der Waals surface area contributed by atoms with Gasteiger partial charge < -0.3 is 0 Å². The SMILES string of the molecule is CCCCCCCCCCCCCOP(=O)(OCCCC)OCCCC. The molecule has 0 bridgehead atoms. The van der Waals surface area contributed by atoms with Crippen LogP contribution in [0.1, 0.15) is 117 Å². The molecule has 0 aliphatic heterocycles. The number of unbranched alkanes of at least 4 members (excludes halogenated alkanes) is 12. The average Bonchev–Trinajstić information content (AvgIpc) is 2.63. The molecule has 4 nitrogen and oxygen atoms in total. The molecule has 0 aromatic heterocycles. The van der Waals surface area contributed by atoms with Crippen LogP contribution in [0.4, 0.5) is 0 Å². The lowest BCUT2D eigenvalue weighted by Crippen LogP contribution is -2.04. The zero-order chi connectivity index (χ0) is 19.3. The first-order chi connectivity index (χ1) is 12.7. The molecular weight excluding hydrogens is 347 g/mol. The fourth-order valence-corrected chi connectivity index (χ4v) is 3.98. The van der Waals surface area contributed by atoms with Crippen molar-refractivity contribution in [2.45, 2.75) is 117 Å². The zero-order valence-corrected chi connectivity index (χ0v) is 18.7. The molecule has 0 aromatic rings. The van der Waals surface area contributed by atoms with E-state index in [-0.39, 0.29) is 0 Å². The molecule has 0 amide bonds. The quantitative estimate of drug-likeness (QED) is 0.146. The van der Waals surface area contributed by atoms with Crippen LogP contribution in [0.25, 0.3) is 0 Å². The van der Waals surface area contributed by atoms with Crippen LogP contribution in [-0.2, 0) is 18.1 Å². The largest absolute Gasteiger partial charge is 0.474 e. The Balaban J connectivity index is 3.66. The highest BCUT2D eigenvalue weighted by molar-refractivity contribution is 7.48. The van der Waals surface area contributed by atoms with E-state index in [4.69, 9.17) is 13.6 Å². The van der Waals surface area contributed by atoms with Crippen molar-refractivity contribution < 1.29 is 18.1 Å². The van der Waals surface area contributed by atoms with E-state index in [1.165, 1.54) is 57.8 Å². The second kappa shape index (κ2) is 19.9. The van der Waals surface area contributed by atoms with Crippen molar-refractivity contribution >= 4 is 7.82 Å². The summed E-state index contributed by atoms with van der Waals surface area (Å²) in [4.78, 5) is 0. The molecule has 0 aliphatic carbocycles. The van der Waals surface area contributed by atoms with Crippen molar-refractivity contribution in [1.29, 1.82) is 0 Å². The molecule has 0 unspecified atom stereocenters. The standard InChI is InChI=1S/C21H45O4P/c1-4-7-10-11-12-13-14-15-16-17-18-21-25-26(22,23-19-8-5-2)24-20-9-6-3/h4-21H2,1-3H3. The topological polar surface area (TPSA) is 44.8 Å². The maximum absolute atomic E-state index is 12.6. The van der Waals surface area contributed by atoms with E-state index >= 15 is 0 Å². The molecule has 158 valence electrons. The maximum atomic E-state index is 12.6. The van der Waals surface area contributed by atoms with Crippen LogP contribution in [0.2, 0.25) is 0 Å². The highest BCUT2D eigenvalue weighted by Gasteiger charge is 2.25. The lowest BCUT2D eigenvalue weighted by Gasteiger charge is -2.18. The van der Waals surface area contributed by atoms with Crippen LogP contribution in [-0.4, -0.2) is 19.8 Å². The van der Waals surface area contributed by atoms with Gasteiger partial charge in [-0.15, -0.1) is 0 Å². The third-order valence-corrected chi connectivity index (χ3v) is 5.99. The number of hydrogen-bond donors (Lipinski definition) is 0. The van der Waals surface area contributed by atoms with E-state index in [1.807, 2.05) is 0 Å². The maximum Gasteiger partial charge on any atom is 0.474 e. The molecule has 0 N–H and O–H groups in total. The van der Waals surface area contributed by atoms with Gasteiger partial charge >= 0.3 is 7.82 Å². The molecule has 0 saturated carbocycles. The lowest BCUT2D eigenvalue weighted by atomic mass is 10.1. The molecule has 26 heavy (non-hydrogen) atoms. The second-order valence-corrected chi connectivity index (χ2v) is 8.86. The Kier molecular flexibility index (Phi) is 19.9. The fraction of sp³-hybridized carbons (Fsp3) is 1.00. The third-order valence-electron chi connectivity index (χ3n) is 4.49. The molecule has 0 rings (SSSR count). The van der Waals surface area contributed by atoms with Gasteiger partial charge in [-0.05, 0) is 19.3 Å². The van der Waals surface area contributed by atoms with Gasteiger partial charge in [0.15, 0.2) is 0 Å². The number of phosphoric ester groups is 1. The van der Waals surface area contributed by atoms with Crippen molar-refractivity contribution in [3.63, 3.8) is 0 Å². The van der Waals surface area contributed by atoms with Crippen molar-refractivity contribution in [2.24, 2.45) is 0 Å². The molecule has 0 spiro atoms. The Hall–Kier alpha value is 0.110. The van der Waals surface area contributed by atoms with Crippen LogP contribution in [0, 0.1) is 0 Å². The Morgan fingerprint density at radius 1 is 0.462 bits per heavy atom. The summed E-state index contributed by atoms with van der Waals surface area (Å²) in [6.07, 6.45) is 17.9. The molecule has 0 aliphatic rings. The van der Waals surface area contributed by atoms with Crippen LogP contribution >= 0.6 is 7.82 Å². The third kappa shape index (κ3) is 17.5. The number of phosphoric acid groups is 1. The smallest absolute Gasteiger partial charge is 0.287 e. The number of rotatable bonds is 21. The Labute approximate surface area is 163 Å². The molecule has 0 saturated heterocycles. The van der Waals surface area contributed by atoms with Gasteiger partial charge in [0, 0.05) is 0 Å². The summed E-state index contributed by atoms with van der Waals surface area (Å²) in [7, 11) is -3.36. The summed E-state index contributed by atoms with van der Waals surface area (Å²) >= 11 is 0. The predicted molar refractivity (Wildman–Crippen MR) is 112 cm³/mol. The van der Waals surface area contributed by atoms with E-state index < -0.39 is 7.82 Å². The predicted octanol–water partition coefficient (Wildman–Crippen LogP) is 8.06. The van der Waals surface area contributed by atoms with Crippen molar-refractivity contribution in [3.8, 4) is 0 Å². The highest BCUT2D eigenvalue weighted by Crippen LogP contribution is 2.49. The minimum absolute atomic E-state index is 0.443. The fourth-order valence-electron chi connectivity index (χ4n) is 2.70. The minimum atomic E-state index is -3.36. The Bertz CT molecular complexity index is 309. The summed E-state index contributed by atoms with van der Waals surface area (Å²) in [5.74, 6) is 0. The van der Waals surface area contributed by atoms with E-state index in [1.54, 1.807) is 0 Å². The van der Waals surface area contributed by atoms with Gasteiger partial charge in [0.05, 0.1) is 19.8 Å². The summed E-state index contributed by atoms with van der Waals surface area (Å²) in [6, 6.07) is 0. The first kappa shape index (κ1) is 26.1. The molecule has 0 fully saturated rings. The molecule has 0 aromatic carbocycles. The van der Waals surface area contributed by atoms with Crippen LogP contribution < -0.4 is 0 Å². The minimum Gasteiger partial charge on any atom is -0.287 e. The van der Waals surface area contributed by atoms with Gasteiger partial charge in [0.25, 0.3) is 0 Å². The van der Waals surface area contributed by atoms with Gasteiger partial charge in [-0.3, -0.25) is 13.6 Å². The van der Waals surface area contributed by atoms with Crippen LogP contribution in [0.15, 0.2) is 0 Å². The van der Waals surface area contributed by atoms with Gasteiger partial charge in [-0.1, -0.05) is 97.8 Å². The Morgan fingerprint density at radius 2 is 0.769 bits per heavy atom. The van der Waals surface area contributed by atoms with Crippen LogP contribution in [0.5, 0.6) is 0 Å². The number of hydrogen-bond acceptors (Lipinski definition) is 4. The van der Waals surface area contributed by atoms with Crippen LogP contribution in [0.3, 0.4) is 0 Å². The zero-order valence-electron chi connectivity index (χ0n) is 17.8. The molecular formula is C21H45O4P.